The fourth-order valence-electron chi connectivity index (χ4n) is 1.61. The van der Waals surface area contributed by atoms with E-state index in [-0.39, 0.29) is 11.8 Å². The standard InChI is InChI=1S/C11H15BrN2OS/c12-10-4-3-9(16-10)8(11(13)15)6-14-5-7-1-2-7/h3-4,7-8,14H,1-2,5-6H2,(H2,13,15)/t8-/m1/s1. The van der Waals surface area contributed by atoms with Crippen LogP contribution in [-0.4, -0.2) is 19.0 Å². The van der Waals surface area contributed by atoms with E-state index in [9.17, 15) is 4.79 Å². The van der Waals surface area contributed by atoms with Crippen molar-refractivity contribution < 1.29 is 4.79 Å². The second-order valence-corrected chi connectivity index (χ2v) is 6.69. The highest BCUT2D eigenvalue weighted by Gasteiger charge is 2.23. The first-order valence-corrected chi connectivity index (χ1v) is 7.03. The lowest BCUT2D eigenvalue weighted by atomic mass is 10.1. The van der Waals surface area contributed by atoms with Crippen LogP contribution >= 0.6 is 27.3 Å². The molecule has 1 saturated carbocycles. The van der Waals surface area contributed by atoms with Crippen molar-refractivity contribution in [2.75, 3.05) is 13.1 Å². The van der Waals surface area contributed by atoms with Gasteiger partial charge in [-0.2, -0.15) is 0 Å². The molecule has 3 N–H and O–H groups in total. The van der Waals surface area contributed by atoms with Crippen LogP contribution in [-0.2, 0) is 4.79 Å². The topological polar surface area (TPSA) is 55.1 Å². The van der Waals surface area contributed by atoms with Crippen molar-refractivity contribution in [2.45, 2.75) is 18.8 Å². The predicted molar refractivity (Wildman–Crippen MR) is 69.5 cm³/mol. The summed E-state index contributed by atoms with van der Waals surface area (Å²) < 4.78 is 1.04. The van der Waals surface area contributed by atoms with Gasteiger partial charge in [0, 0.05) is 11.4 Å². The van der Waals surface area contributed by atoms with Gasteiger partial charge < -0.3 is 11.1 Å². The Morgan fingerprint density at radius 3 is 2.88 bits per heavy atom. The quantitative estimate of drug-likeness (QED) is 0.845. The molecular weight excluding hydrogens is 288 g/mol. The minimum atomic E-state index is -0.252. The van der Waals surface area contributed by atoms with Gasteiger partial charge in [-0.15, -0.1) is 11.3 Å². The third-order valence-electron chi connectivity index (χ3n) is 2.76. The van der Waals surface area contributed by atoms with Gasteiger partial charge in [-0.3, -0.25) is 4.79 Å². The number of carbonyl (C=O) groups excluding carboxylic acids is 1. The van der Waals surface area contributed by atoms with Crippen molar-refractivity contribution in [1.82, 2.24) is 5.32 Å². The van der Waals surface area contributed by atoms with Crippen LogP contribution in [0.5, 0.6) is 0 Å². The summed E-state index contributed by atoms with van der Waals surface area (Å²) in [6, 6.07) is 3.92. The molecule has 0 saturated heterocycles. The summed E-state index contributed by atoms with van der Waals surface area (Å²) in [5.41, 5.74) is 5.42. The molecule has 1 atom stereocenters. The summed E-state index contributed by atoms with van der Waals surface area (Å²) >= 11 is 4.97. The molecule has 16 heavy (non-hydrogen) atoms. The van der Waals surface area contributed by atoms with Gasteiger partial charge in [-0.1, -0.05) is 0 Å². The van der Waals surface area contributed by atoms with Crippen LogP contribution in [0.4, 0.5) is 0 Å². The van der Waals surface area contributed by atoms with E-state index in [2.05, 4.69) is 21.2 Å². The minimum Gasteiger partial charge on any atom is -0.369 e. The van der Waals surface area contributed by atoms with Crippen molar-refractivity contribution in [3.63, 3.8) is 0 Å². The predicted octanol–water partition coefficient (Wildman–Crippen LogP) is 2.08. The molecule has 0 aromatic carbocycles. The van der Waals surface area contributed by atoms with Crippen molar-refractivity contribution in [3.8, 4) is 0 Å². The molecule has 3 nitrogen and oxygen atoms in total. The van der Waals surface area contributed by atoms with Crippen molar-refractivity contribution in [2.24, 2.45) is 11.7 Å². The summed E-state index contributed by atoms with van der Waals surface area (Å²) in [6.45, 7) is 1.66. The van der Waals surface area contributed by atoms with Gasteiger partial charge in [-0.05, 0) is 53.4 Å². The van der Waals surface area contributed by atoms with E-state index in [4.69, 9.17) is 5.73 Å². The lowest BCUT2D eigenvalue weighted by molar-refractivity contribution is -0.119. The SMILES string of the molecule is NC(=O)[C@H](CNCC1CC1)c1ccc(Br)s1. The zero-order valence-electron chi connectivity index (χ0n) is 8.91. The second-order valence-electron chi connectivity index (χ2n) is 4.20. The van der Waals surface area contributed by atoms with Crippen LogP contribution in [0.1, 0.15) is 23.6 Å². The van der Waals surface area contributed by atoms with Crippen molar-refractivity contribution in [3.05, 3.63) is 20.8 Å². The Bertz CT molecular complexity index is 376. The largest absolute Gasteiger partial charge is 0.369 e. The number of hydrogen-bond donors (Lipinski definition) is 2. The molecule has 1 aliphatic rings. The second kappa shape index (κ2) is 5.29. The zero-order chi connectivity index (χ0) is 11.5. The molecule has 2 rings (SSSR count). The molecule has 1 aliphatic carbocycles. The number of carbonyl (C=O) groups is 1. The number of rotatable bonds is 6. The van der Waals surface area contributed by atoms with Gasteiger partial charge in [0.25, 0.3) is 0 Å². The number of nitrogens with one attached hydrogen (secondary N) is 1. The maximum atomic E-state index is 11.4. The van der Waals surface area contributed by atoms with Gasteiger partial charge in [0.15, 0.2) is 0 Å². The molecular formula is C11H15BrN2OS. The molecule has 5 heteroatoms. The van der Waals surface area contributed by atoms with E-state index >= 15 is 0 Å². The number of hydrogen-bond acceptors (Lipinski definition) is 3. The Hall–Kier alpha value is -0.390. The third kappa shape index (κ3) is 3.30. The molecule has 1 aromatic heterocycles. The number of primary amides is 1. The summed E-state index contributed by atoms with van der Waals surface area (Å²) in [5, 5.41) is 3.33. The molecule has 1 aromatic rings. The molecule has 88 valence electrons. The maximum Gasteiger partial charge on any atom is 0.227 e. The highest BCUT2D eigenvalue weighted by Crippen LogP contribution is 2.29. The molecule has 0 unspecified atom stereocenters. The van der Waals surface area contributed by atoms with Gasteiger partial charge in [0.2, 0.25) is 5.91 Å². The Morgan fingerprint density at radius 1 is 1.62 bits per heavy atom. The fraction of sp³-hybridized carbons (Fsp3) is 0.545. The van der Waals surface area contributed by atoms with Gasteiger partial charge in [0.1, 0.15) is 0 Å². The van der Waals surface area contributed by atoms with Crippen LogP contribution in [0.15, 0.2) is 15.9 Å². The van der Waals surface area contributed by atoms with Crippen LogP contribution in [0.2, 0.25) is 0 Å². The summed E-state index contributed by atoms with van der Waals surface area (Å²) in [4.78, 5) is 12.4. The molecule has 1 heterocycles. The Morgan fingerprint density at radius 2 is 2.38 bits per heavy atom. The molecule has 0 radical (unpaired) electrons. The van der Waals surface area contributed by atoms with E-state index in [1.165, 1.54) is 12.8 Å². The first-order chi connectivity index (χ1) is 7.66. The highest BCUT2D eigenvalue weighted by molar-refractivity contribution is 9.11. The monoisotopic (exact) mass is 302 g/mol. The Kier molecular flexibility index (Phi) is 4.00. The minimum absolute atomic E-state index is 0.199. The Labute approximate surface area is 108 Å². The summed E-state index contributed by atoms with van der Waals surface area (Å²) in [7, 11) is 0. The van der Waals surface area contributed by atoms with Crippen molar-refractivity contribution >= 4 is 33.2 Å². The van der Waals surface area contributed by atoms with Crippen LogP contribution in [0.3, 0.4) is 0 Å². The molecule has 1 amide bonds. The van der Waals surface area contributed by atoms with Gasteiger partial charge in [-0.25, -0.2) is 0 Å². The van der Waals surface area contributed by atoms with E-state index in [0.717, 1.165) is 21.1 Å². The lowest BCUT2D eigenvalue weighted by Gasteiger charge is -2.12. The molecule has 0 bridgehead atoms. The highest BCUT2D eigenvalue weighted by atomic mass is 79.9. The maximum absolute atomic E-state index is 11.4. The number of halogens is 1. The van der Waals surface area contributed by atoms with E-state index in [0.29, 0.717) is 6.54 Å². The normalized spacial score (nSPS) is 17.3. The molecule has 0 spiro atoms. The molecule has 0 aliphatic heterocycles. The average molecular weight is 303 g/mol. The summed E-state index contributed by atoms with van der Waals surface area (Å²) in [6.07, 6.45) is 2.64. The smallest absolute Gasteiger partial charge is 0.227 e. The van der Waals surface area contributed by atoms with Gasteiger partial charge in [0.05, 0.1) is 9.70 Å². The van der Waals surface area contributed by atoms with Crippen LogP contribution in [0.25, 0.3) is 0 Å². The van der Waals surface area contributed by atoms with E-state index in [1.807, 2.05) is 12.1 Å². The summed E-state index contributed by atoms with van der Waals surface area (Å²) in [5.74, 6) is 0.372. The van der Waals surface area contributed by atoms with Crippen molar-refractivity contribution in [1.29, 1.82) is 0 Å². The number of nitrogens with two attached hydrogens (primary N) is 1. The molecule has 1 fully saturated rings. The first kappa shape index (κ1) is 12.1. The van der Waals surface area contributed by atoms with E-state index in [1.54, 1.807) is 11.3 Å². The zero-order valence-corrected chi connectivity index (χ0v) is 11.3. The van der Waals surface area contributed by atoms with Crippen LogP contribution in [0, 0.1) is 5.92 Å². The number of thiophene rings is 1. The van der Waals surface area contributed by atoms with Crippen LogP contribution < -0.4 is 11.1 Å². The number of amides is 1. The fourth-order valence-corrected chi connectivity index (χ4v) is 3.14. The van der Waals surface area contributed by atoms with E-state index < -0.39 is 0 Å². The first-order valence-electron chi connectivity index (χ1n) is 5.42. The third-order valence-corrected chi connectivity index (χ3v) is 4.50. The lowest BCUT2D eigenvalue weighted by Crippen LogP contribution is -2.31. The average Bonchev–Trinajstić information content (AvgIpc) is 2.95. The Balaban J connectivity index is 1.90. The van der Waals surface area contributed by atoms with Gasteiger partial charge >= 0.3 is 0 Å².